The van der Waals surface area contributed by atoms with E-state index in [1.807, 2.05) is 0 Å². The van der Waals surface area contributed by atoms with Crippen molar-refractivity contribution in [3.8, 4) is 11.5 Å². The molecule has 104 valence electrons. The maximum absolute atomic E-state index is 13.0. The Kier molecular flexibility index (Phi) is 4.30. The Labute approximate surface area is 114 Å². The summed E-state index contributed by atoms with van der Waals surface area (Å²) in [6.07, 6.45) is 0. The van der Waals surface area contributed by atoms with Crippen LogP contribution in [0.1, 0.15) is 10.4 Å². The Morgan fingerprint density at radius 3 is 2.40 bits per heavy atom. The van der Waals surface area contributed by atoms with Gasteiger partial charge in [0.2, 0.25) is 0 Å². The minimum absolute atomic E-state index is 0.0544. The molecule has 0 amide bonds. The highest BCUT2D eigenvalue weighted by atomic mass is 19.2. The number of ether oxygens (including phenoxy) is 2. The van der Waals surface area contributed by atoms with E-state index in [2.05, 4.69) is 0 Å². The molecule has 0 bridgehead atoms. The van der Waals surface area contributed by atoms with Gasteiger partial charge >= 0.3 is 0 Å². The van der Waals surface area contributed by atoms with Gasteiger partial charge in [-0.3, -0.25) is 4.79 Å². The number of hydrogen-bond donors (Lipinski definition) is 0. The summed E-state index contributed by atoms with van der Waals surface area (Å²) in [6, 6.07) is 9.82. The lowest BCUT2D eigenvalue weighted by molar-refractivity contribution is 0.0919. The van der Waals surface area contributed by atoms with Crippen molar-refractivity contribution in [2.45, 2.75) is 0 Å². The number of ketones is 1. The maximum Gasteiger partial charge on any atom is 0.200 e. The number of benzene rings is 2. The molecule has 3 nitrogen and oxygen atoms in total. The normalized spacial score (nSPS) is 10.2. The molecule has 0 aromatic heterocycles. The second kappa shape index (κ2) is 6.14. The number of Topliss-reactive ketones (excluding diaryl/α,β-unsaturated/α-hetero) is 1. The van der Waals surface area contributed by atoms with Crippen molar-refractivity contribution in [1.29, 1.82) is 0 Å². The Morgan fingerprint density at radius 1 is 1.05 bits per heavy atom. The van der Waals surface area contributed by atoms with Crippen molar-refractivity contribution in [2.24, 2.45) is 0 Å². The van der Waals surface area contributed by atoms with E-state index >= 15 is 0 Å². The molecule has 0 aliphatic heterocycles. The molecular weight excluding hydrogens is 266 g/mol. The standard InChI is InChI=1S/C15H12F2O3/c1-19-14-4-2-3-5-15(14)20-9-13(18)10-6-7-11(16)12(17)8-10/h2-8H,9H2,1H3. The molecule has 20 heavy (non-hydrogen) atoms. The van der Waals surface area contributed by atoms with E-state index in [0.29, 0.717) is 11.5 Å². The Bertz CT molecular complexity index is 626. The van der Waals surface area contributed by atoms with Gasteiger partial charge in [0.15, 0.2) is 35.5 Å². The molecule has 0 unspecified atom stereocenters. The van der Waals surface area contributed by atoms with E-state index in [9.17, 15) is 13.6 Å². The summed E-state index contributed by atoms with van der Waals surface area (Å²) in [6.45, 7) is -0.286. The molecule has 0 radical (unpaired) electrons. The van der Waals surface area contributed by atoms with Gasteiger partial charge in [-0.05, 0) is 30.3 Å². The van der Waals surface area contributed by atoms with Crippen LogP contribution in [-0.2, 0) is 0 Å². The molecule has 0 heterocycles. The third-order valence-corrected chi connectivity index (χ3v) is 2.67. The van der Waals surface area contributed by atoms with Gasteiger partial charge < -0.3 is 9.47 Å². The molecule has 2 aromatic rings. The zero-order chi connectivity index (χ0) is 14.5. The Morgan fingerprint density at radius 2 is 1.75 bits per heavy atom. The fraction of sp³-hybridized carbons (Fsp3) is 0.133. The second-order valence-corrected chi connectivity index (χ2v) is 3.99. The Balaban J connectivity index is 2.06. The molecule has 0 atom stereocenters. The third kappa shape index (κ3) is 3.12. The van der Waals surface area contributed by atoms with Crippen LogP contribution in [0.5, 0.6) is 11.5 Å². The lowest BCUT2D eigenvalue weighted by Gasteiger charge is -2.09. The highest BCUT2D eigenvalue weighted by molar-refractivity contribution is 5.97. The molecule has 0 fully saturated rings. The van der Waals surface area contributed by atoms with Crippen molar-refractivity contribution < 1.29 is 23.0 Å². The van der Waals surface area contributed by atoms with Crippen molar-refractivity contribution in [3.05, 3.63) is 59.7 Å². The van der Waals surface area contributed by atoms with Crippen LogP contribution in [0.3, 0.4) is 0 Å². The second-order valence-electron chi connectivity index (χ2n) is 3.99. The first-order valence-electron chi connectivity index (χ1n) is 5.86. The zero-order valence-electron chi connectivity index (χ0n) is 10.7. The number of rotatable bonds is 5. The van der Waals surface area contributed by atoms with Crippen LogP contribution in [0.25, 0.3) is 0 Å². The van der Waals surface area contributed by atoms with Gasteiger partial charge in [0.05, 0.1) is 7.11 Å². The van der Waals surface area contributed by atoms with E-state index in [-0.39, 0.29) is 12.2 Å². The van der Waals surface area contributed by atoms with Crippen molar-refractivity contribution in [3.63, 3.8) is 0 Å². The summed E-state index contributed by atoms with van der Waals surface area (Å²) in [4.78, 5) is 11.8. The molecule has 0 saturated carbocycles. The fourth-order valence-corrected chi connectivity index (χ4v) is 1.63. The summed E-state index contributed by atoms with van der Waals surface area (Å²) >= 11 is 0. The molecule has 0 aliphatic carbocycles. The van der Waals surface area contributed by atoms with Crippen LogP contribution in [0, 0.1) is 11.6 Å². The van der Waals surface area contributed by atoms with Crippen LogP contribution >= 0.6 is 0 Å². The summed E-state index contributed by atoms with van der Waals surface area (Å²) in [7, 11) is 1.49. The van der Waals surface area contributed by atoms with E-state index < -0.39 is 17.4 Å². The predicted octanol–water partition coefficient (Wildman–Crippen LogP) is 3.24. The van der Waals surface area contributed by atoms with Gasteiger partial charge in [0.1, 0.15) is 0 Å². The lowest BCUT2D eigenvalue weighted by atomic mass is 10.1. The van der Waals surface area contributed by atoms with Crippen LogP contribution in [0.4, 0.5) is 8.78 Å². The molecule has 0 N–H and O–H groups in total. The van der Waals surface area contributed by atoms with Gasteiger partial charge in [0.25, 0.3) is 0 Å². The van der Waals surface area contributed by atoms with Crippen LogP contribution < -0.4 is 9.47 Å². The smallest absolute Gasteiger partial charge is 0.200 e. The average molecular weight is 278 g/mol. The number of hydrogen-bond acceptors (Lipinski definition) is 3. The zero-order valence-corrected chi connectivity index (χ0v) is 10.7. The number of carbonyl (C=O) groups is 1. The van der Waals surface area contributed by atoms with E-state index in [1.165, 1.54) is 13.2 Å². The van der Waals surface area contributed by atoms with E-state index in [1.54, 1.807) is 24.3 Å². The predicted molar refractivity (Wildman–Crippen MR) is 69.2 cm³/mol. The first-order valence-corrected chi connectivity index (χ1v) is 5.86. The molecule has 2 aromatic carbocycles. The first-order chi connectivity index (χ1) is 9.61. The number of para-hydroxylation sites is 2. The quantitative estimate of drug-likeness (QED) is 0.788. The summed E-state index contributed by atoms with van der Waals surface area (Å²) in [5.74, 6) is -1.60. The largest absolute Gasteiger partial charge is 0.493 e. The summed E-state index contributed by atoms with van der Waals surface area (Å²) in [5, 5.41) is 0. The van der Waals surface area contributed by atoms with Gasteiger partial charge in [-0.1, -0.05) is 12.1 Å². The number of halogens is 2. The van der Waals surface area contributed by atoms with Crippen molar-refractivity contribution in [2.75, 3.05) is 13.7 Å². The third-order valence-electron chi connectivity index (χ3n) is 2.67. The minimum atomic E-state index is -1.06. The van der Waals surface area contributed by atoms with Crippen molar-refractivity contribution in [1.82, 2.24) is 0 Å². The molecule has 0 spiro atoms. The molecule has 2 rings (SSSR count). The van der Waals surface area contributed by atoms with Gasteiger partial charge in [0, 0.05) is 5.56 Å². The van der Waals surface area contributed by atoms with Gasteiger partial charge in [-0.2, -0.15) is 0 Å². The highest BCUT2D eigenvalue weighted by Crippen LogP contribution is 2.25. The summed E-state index contributed by atoms with van der Waals surface area (Å²) in [5.41, 5.74) is 0.0544. The topological polar surface area (TPSA) is 35.5 Å². The lowest BCUT2D eigenvalue weighted by Crippen LogP contribution is -2.12. The molecule has 0 aliphatic rings. The molecular formula is C15H12F2O3. The number of methoxy groups -OCH3 is 1. The number of carbonyl (C=O) groups excluding carboxylic acids is 1. The monoisotopic (exact) mass is 278 g/mol. The average Bonchev–Trinajstić information content (AvgIpc) is 2.47. The van der Waals surface area contributed by atoms with Gasteiger partial charge in [-0.15, -0.1) is 0 Å². The maximum atomic E-state index is 13.0. The highest BCUT2D eigenvalue weighted by Gasteiger charge is 2.11. The van der Waals surface area contributed by atoms with E-state index in [4.69, 9.17) is 9.47 Å². The van der Waals surface area contributed by atoms with Gasteiger partial charge in [-0.25, -0.2) is 8.78 Å². The molecule has 5 heteroatoms. The Hall–Kier alpha value is -2.43. The fourth-order valence-electron chi connectivity index (χ4n) is 1.63. The SMILES string of the molecule is COc1ccccc1OCC(=O)c1ccc(F)c(F)c1. The first kappa shape index (κ1) is 14.0. The van der Waals surface area contributed by atoms with Crippen molar-refractivity contribution >= 4 is 5.78 Å². The summed E-state index contributed by atoms with van der Waals surface area (Å²) < 4.78 is 36.2. The van der Waals surface area contributed by atoms with E-state index in [0.717, 1.165) is 12.1 Å². The van der Waals surface area contributed by atoms with Crippen LogP contribution in [0.15, 0.2) is 42.5 Å². The minimum Gasteiger partial charge on any atom is -0.493 e. The molecule has 0 saturated heterocycles. The van der Waals surface area contributed by atoms with Crippen LogP contribution in [0.2, 0.25) is 0 Å². The van der Waals surface area contributed by atoms with Crippen LogP contribution in [-0.4, -0.2) is 19.5 Å².